The van der Waals surface area contributed by atoms with Gasteiger partial charge in [0, 0.05) is 77.7 Å². The van der Waals surface area contributed by atoms with Crippen molar-refractivity contribution in [1.82, 2.24) is 0 Å². The second kappa shape index (κ2) is 59.1. The zero-order valence-corrected chi connectivity index (χ0v) is 62.3. The van der Waals surface area contributed by atoms with Gasteiger partial charge >= 0.3 is 84.2 Å². The molecule has 1 fully saturated rings. The molecular weight excluding hydrogens is 1340 g/mol. The molecule has 1 saturated heterocycles. The first-order valence-electron chi connectivity index (χ1n) is 27.5. The van der Waals surface area contributed by atoms with Gasteiger partial charge in [-0.2, -0.15) is 19.9 Å². The number of hydrogen-bond donors (Lipinski definition) is 3. The Morgan fingerprint density at radius 2 is 0.767 bits per heavy atom. The Kier molecular flexibility index (Phi) is 64.4. The summed E-state index contributed by atoms with van der Waals surface area (Å²) in [7, 11) is 0.841. The number of ether oxygens (including phenoxy) is 2. The SMILES string of the molecule is BrCc1ccc(Br)cc1.C.CC(C)OB(OC(C)C)OC(C)C.CCc1ccc(B(O)O)cc1.CCc1ccc(B2OB(c3ccc(COC)cc3)OB(c3ccc(COC)cc3)O2)cc1.CCc1ccc(Br)cc1.CO.S.S=S.[2HH].[CH2-]CCC.[H-].[Li+].[Na+]. The van der Waals surface area contributed by atoms with E-state index in [1.165, 1.54) is 28.7 Å². The molecule has 1 heterocycles. The smallest absolute Gasteiger partial charge is 1.00 e. The van der Waals surface area contributed by atoms with Crippen molar-refractivity contribution >= 4 is 141 Å². The summed E-state index contributed by atoms with van der Waals surface area (Å²) in [4.78, 5) is 0. The number of alkyl halides is 1. The van der Waals surface area contributed by atoms with Crippen LogP contribution in [-0.2, 0) is 97.3 Å². The van der Waals surface area contributed by atoms with Gasteiger partial charge in [0.2, 0.25) is 0 Å². The quantitative estimate of drug-likeness (QED) is 0.0439. The van der Waals surface area contributed by atoms with Gasteiger partial charge in [0.1, 0.15) is 0 Å². The summed E-state index contributed by atoms with van der Waals surface area (Å²) < 4.78 is 47.7. The Morgan fingerprint density at radius 3 is 0.988 bits per heavy atom. The molecule has 466 valence electrons. The Morgan fingerprint density at radius 1 is 0.523 bits per heavy atom. The minimum absolute atomic E-state index is 0. The van der Waals surface area contributed by atoms with E-state index < -0.39 is 35.8 Å². The van der Waals surface area contributed by atoms with E-state index in [9.17, 15) is 0 Å². The number of aliphatic hydroxyl groups is 1. The van der Waals surface area contributed by atoms with E-state index in [4.69, 9.17) is 52.3 Å². The summed E-state index contributed by atoms with van der Waals surface area (Å²) in [6, 6.07) is 48.4. The maximum Gasteiger partial charge on any atom is 1.00 e. The molecule has 0 aliphatic carbocycles. The van der Waals surface area contributed by atoms with Crippen molar-refractivity contribution in [3.8, 4) is 0 Å². The van der Waals surface area contributed by atoms with Crippen LogP contribution in [0.4, 0.5) is 0 Å². The van der Waals surface area contributed by atoms with Crippen molar-refractivity contribution in [1.29, 1.82) is 0 Å². The largest absolute Gasteiger partial charge is 1.00 e. The first-order chi connectivity index (χ1) is 39.4. The van der Waals surface area contributed by atoms with Crippen molar-refractivity contribution in [2.24, 2.45) is 0 Å². The average Bonchev–Trinajstić information content (AvgIpc) is 3.08. The van der Waals surface area contributed by atoms with Crippen LogP contribution in [0.25, 0.3) is 0 Å². The predicted octanol–water partition coefficient (Wildman–Crippen LogP) is 6.96. The van der Waals surface area contributed by atoms with Crippen molar-refractivity contribution in [2.45, 2.75) is 146 Å². The van der Waals surface area contributed by atoms with Crippen LogP contribution in [-0.4, -0.2) is 90.6 Å². The van der Waals surface area contributed by atoms with Crippen molar-refractivity contribution in [3.63, 3.8) is 0 Å². The maximum atomic E-state index is 8.74. The van der Waals surface area contributed by atoms with E-state index >= 15 is 0 Å². The molecule has 6 aromatic carbocycles. The van der Waals surface area contributed by atoms with E-state index in [1.807, 2.05) is 114 Å². The normalized spacial score (nSPS) is 10.8. The molecule has 0 aromatic heterocycles. The van der Waals surface area contributed by atoms with E-state index in [0.29, 0.717) is 18.7 Å². The molecule has 0 unspecified atom stereocenters. The van der Waals surface area contributed by atoms with Crippen LogP contribution in [0.1, 0.15) is 126 Å². The maximum absolute atomic E-state index is 8.74. The van der Waals surface area contributed by atoms with Gasteiger partial charge in [0.25, 0.3) is 0 Å². The van der Waals surface area contributed by atoms with Gasteiger partial charge in [-0.3, -0.25) is 0 Å². The second-order valence-electron chi connectivity index (χ2n) is 18.8. The number of hydrogen-bond acceptors (Lipinski definition) is 13. The number of aryl methyl sites for hydroxylation is 3. The summed E-state index contributed by atoms with van der Waals surface area (Å²) >= 11 is 17.4. The molecule has 0 bridgehead atoms. The molecule has 0 amide bonds. The summed E-state index contributed by atoms with van der Waals surface area (Å²) in [6.45, 7) is 25.0. The van der Waals surface area contributed by atoms with Gasteiger partial charge in [-0.05, 0) is 140 Å². The van der Waals surface area contributed by atoms with Crippen LogP contribution in [0.2, 0.25) is 0 Å². The number of aliphatic hydroxyl groups excluding tert-OH is 1. The minimum atomic E-state index is -1.35. The molecule has 1 aliphatic rings. The molecule has 3 N–H and O–H groups in total. The van der Waals surface area contributed by atoms with Gasteiger partial charge in [-0.15, -0.1) is 0 Å². The van der Waals surface area contributed by atoms with Crippen molar-refractivity contribution < 1.29 is 104 Å². The molecule has 0 saturated carbocycles. The zero-order chi connectivity index (χ0) is 61.8. The molecule has 0 radical (unpaired) electrons. The third-order valence-electron chi connectivity index (χ3n) is 11.1. The van der Waals surface area contributed by atoms with Crippen LogP contribution in [0.15, 0.2) is 155 Å². The molecule has 1 aliphatic heterocycles. The van der Waals surface area contributed by atoms with Gasteiger partial charge < -0.3 is 60.7 Å². The molecule has 0 spiro atoms. The van der Waals surface area contributed by atoms with Gasteiger partial charge in [0.15, 0.2) is 0 Å². The van der Waals surface area contributed by atoms with E-state index in [-0.39, 0.29) is 90.5 Å². The van der Waals surface area contributed by atoms with Crippen LogP contribution in [0.3, 0.4) is 0 Å². The fraction of sp³-hybridized carbons (Fsp3) is 0.403. The molecule has 86 heavy (non-hydrogen) atoms. The molecule has 11 nitrogen and oxygen atoms in total. The Balaban J connectivity index is -0.000000197. The molecule has 0 atom stereocenters. The Labute approximate surface area is 600 Å². The number of methoxy groups -OCH3 is 2. The minimum Gasteiger partial charge on any atom is -1.00 e. The standard InChI is InChI=1S/C24H27B3O5.C9H21BO3.C8H11BO2.C8H9Br.C7H6Br2.C4H9.CH4O.CH4.Li.Na.S2.H2S.H2.H/c1-4-19-5-11-22(12-6-19)25-30-26(23-13-7-20(8-14-23)17-28-2)32-27(31-25)24-15-9-21(10-16-24)18-29-3;1-7(2)11-10(12-8(3)4)13-9(5)6;1-2-7-3-5-8(6-4-7)9(10)11;1-2-7-3-5-8(9)6-4-7;8-5-6-1-3-7(9)4-2-6;1-3-4-2;1-2;;;;1-2;;;/h5-16H,4,17-18H2,1-3H3;7-9H,1-6H3;3-6,10-11H,2H2,1H3;3-6H,2H2,1H3;1-4H,5H2;1,3-4H2,2H3;2H,1H3;1H4;;;;1H2;1H;/q;;;;;-1;;;2*+1;;;;-1/i;;;;;;;;;;;;1+1;. The fourth-order valence-corrected chi connectivity index (χ4v) is 7.57. The second-order valence-corrected chi connectivity index (χ2v) is 21.1. The zero-order valence-electron chi connectivity index (χ0n) is 53.9. The third kappa shape index (κ3) is 43.0. The van der Waals surface area contributed by atoms with Crippen LogP contribution < -0.4 is 70.3 Å². The van der Waals surface area contributed by atoms with Crippen LogP contribution in [0.5, 0.6) is 0 Å². The first kappa shape index (κ1) is 93.7. The van der Waals surface area contributed by atoms with E-state index in [2.05, 4.69) is 165 Å². The average molecular weight is 1440 g/mol. The molecule has 6 aromatic rings. The third-order valence-corrected chi connectivity index (χ3v) is 12.8. The summed E-state index contributed by atoms with van der Waals surface area (Å²) in [5, 5.41) is 25.4. The Bertz CT molecular complexity index is 2350. The first-order valence-corrected chi connectivity index (χ1v) is 31.5. The fourth-order valence-electron chi connectivity index (χ4n) is 6.67. The van der Waals surface area contributed by atoms with Gasteiger partial charge in [-0.25, -0.2) is 0 Å². The summed E-state index contributed by atoms with van der Waals surface area (Å²) in [5.74, 6) is 0. The number of benzene rings is 6. The van der Waals surface area contributed by atoms with E-state index in [1.54, 1.807) is 26.4 Å². The molecule has 24 heteroatoms. The topological polar surface area (TPSA) is 135 Å². The molecular formula is C62H96B5Br3LiNaO11S3. The van der Waals surface area contributed by atoms with E-state index in [0.717, 1.165) is 74.6 Å². The van der Waals surface area contributed by atoms with Gasteiger partial charge in [0.05, 0.1) is 13.2 Å². The number of unbranched alkanes of at least 4 members (excludes halogenated alkanes) is 1. The Hall–Kier alpha value is -0.968. The number of rotatable bonds is 19. The van der Waals surface area contributed by atoms with Gasteiger partial charge in [-0.1, -0.05) is 211 Å². The number of halogens is 3. The van der Waals surface area contributed by atoms with Crippen molar-refractivity contribution in [2.75, 3.05) is 21.3 Å². The predicted molar refractivity (Wildman–Crippen MR) is 383 cm³/mol. The summed E-state index contributed by atoms with van der Waals surface area (Å²) in [5.41, 5.74) is 10.7. The molecule has 7 rings (SSSR count). The van der Waals surface area contributed by atoms with Crippen LogP contribution in [0, 0.1) is 6.92 Å². The summed E-state index contributed by atoms with van der Waals surface area (Å²) in [6.07, 6.45) is 5.70. The van der Waals surface area contributed by atoms with Crippen molar-refractivity contribution in [3.05, 3.63) is 195 Å². The van der Waals surface area contributed by atoms with Crippen LogP contribution >= 0.6 is 61.3 Å². The monoisotopic (exact) mass is 1440 g/mol.